The van der Waals surface area contributed by atoms with Crippen molar-refractivity contribution in [2.75, 3.05) is 37.2 Å². The summed E-state index contributed by atoms with van der Waals surface area (Å²) in [5.74, 6) is 5.68. The van der Waals surface area contributed by atoms with Crippen molar-refractivity contribution in [3.05, 3.63) is 282 Å². The van der Waals surface area contributed by atoms with E-state index in [4.69, 9.17) is 64.1 Å². The number of fused-ring (bicyclic) bond motifs is 14. The Bertz CT molecular complexity index is 6400. The number of hydrogen-bond donors (Lipinski definition) is 3. The number of benzene rings is 6. The third-order valence-corrected chi connectivity index (χ3v) is 25.7. The number of carbonyl (C=O) groups is 3. The first kappa shape index (κ1) is 78.4. The quantitative estimate of drug-likeness (QED) is 0.0853. The van der Waals surface area contributed by atoms with Gasteiger partial charge in [0.25, 0.3) is 5.90 Å². The zero-order valence-electron chi connectivity index (χ0n) is 66.2. The van der Waals surface area contributed by atoms with Crippen LogP contribution < -0.4 is 16.0 Å². The fourth-order valence-corrected chi connectivity index (χ4v) is 19.3. The van der Waals surface area contributed by atoms with E-state index < -0.39 is 18.1 Å². The summed E-state index contributed by atoms with van der Waals surface area (Å²) in [5.41, 5.74) is 19.8. The highest BCUT2D eigenvalue weighted by Gasteiger charge is 2.38. The van der Waals surface area contributed by atoms with Gasteiger partial charge in [-0.15, -0.1) is 69.7 Å². The number of aliphatic imine (C=N–C) groups is 3. The van der Waals surface area contributed by atoms with Crippen molar-refractivity contribution in [2.45, 2.75) is 119 Å². The lowest BCUT2D eigenvalue weighted by Crippen LogP contribution is -2.17. The van der Waals surface area contributed by atoms with Gasteiger partial charge >= 0.3 is 0 Å². The van der Waals surface area contributed by atoms with E-state index in [9.17, 15) is 14.4 Å². The monoisotopic (exact) mass is 1690 g/mol. The molecule has 0 unspecified atom stereocenters. The van der Waals surface area contributed by atoms with E-state index in [1.54, 1.807) is 39.0 Å². The number of imidazole rings is 1. The van der Waals surface area contributed by atoms with Crippen molar-refractivity contribution < 1.29 is 28.7 Å². The topological polar surface area (TPSA) is 290 Å². The molecule has 6 aliphatic rings. The molecule has 0 spiro atoms. The Balaban J connectivity index is 0.000000127. The van der Waals surface area contributed by atoms with Crippen LogP contribution in [-0.4, -0.2) is 127 Å². The van der Waals surface area contributed by atoms with Crippen LogP contribution in [0.15, 0.2) is 165 Å². The molecule has 19 rings (SSSR count). The highest BCUT2D eigenvalue weighted by molar-refractivity contribution is 7.16. The SMILES string of the molecule is CO/N=C1/OCc2cc(NC(=O)C[C@@H]3N=C(c4ccc(Cl)cc4)c4c(sc(C)c4C)-n4c(C)nnc43)ccc21.Cc1sc2c(c1C)C(c1ccc(Cl)cc1)=N[C@@H](CC(=O)Nc1ccc3c(c1)CO/C3=N\N(C)C)c1nnc(C)n1-2.Cc1sc2c(c1C)C(c1ccc(Cl)cc1)=N[C@@H](CC(=O)Nc1ccc3c(c1)Cn1ccnc1-3)c1nnc(C)n1-2. The number of anilines is 3. The van der Waals surface area contributed by atoms with E-state index >= 15 is 0 Å². The minimum Gasteiger partial charge on any atom is -0.471 e. The number of amides is 3. The van der Waals surface area contributed by atoms with Gasteiger partial charge in [-0.25, -0.2) is 4.98 Å². The van der Waals surface area contributed by atoms with Crippen molar-refractivity contribution in [3.8, 4) is 26.4 Å². The van der Waals surface area contributed by atoms with Crippen LogP contribution in [0.4, 0.5) is 17.1 Å². The van der Waals surface area contributed by atoms with E-state index in [2.05, 4.69) is 112 Å². The number of hydrazone groups is 1. The Kier molecular flexibility index (Phi) is 21.3. The number of aryl methyl sites for hydroxylation is 6. The normalized spacial score (nSPS) is 16.1. The van der Waals surface area contributed by atoms with Gasteiger partial charge in [0.2, 0.25) is 23.6 Å². The number of halogens is 3. The molecule has 0 saturated heterocycles. The molecule has 6 aromatic carbocycles. The van der Waals surface area contributed by atoms with Gasteiger partial charge in [-0.05, 0) is 181 Å². The molecule has 0 saturated carbocycles. The maximum Gasteiger partial charge on any atom is 0.258 e. The second-order valence-corrected chi connectivity index (χ2v) is 34.3. The fourth-order valence-electron chi connectivity index (χ4n) is 15.3. The second kappa shape index (κ2) is 32.1. The molecular weight excluding hydrogens is 1610 g/mol. The molecule has 0 aliphatic carbocycles. The number of thiophene rings is 3. The van der Waals surface area contributed by atoms with Crippen LogP contribution in [0.1, 0.15) is 165 Å². The van der Waals surface area contributed by atoms with Gasteiger partial charge < -0.3 is 34.8 Å². The van der Waals surface area contributed by atoms with Crippen molar-refractivity contribution in [3.63, 3.8) is 0 Å². The summed E-state index contributed by atoms with van der Waals surface area (Å²) in [5, 5.41) is 50.7. The van der Waals surface area contributed by atoms with E-state index in [0.717, 1.165) is 151 Å². The number of ether oxygens (including phenoxy) is 2. The molecule has 0 bridgehead atoms. The summed E-state index contributed by atoms with van der Waals surface area (Å²) in [7, 11) is 5.17. The van der Waals surface area contributed by atoms with Gasteiger partial charge in [0.15, 0.2) is 17.5 Å². The van der Waals surface area contributed by atoms with E-state index in [1.165, 1.54) is 21.7 Å². The maximum absolute atomic E-state index is 13.4. The van der Waals surface area contributed by atoms with Crippen LogP contribution in [0, 0.1) is 62.3 Å². The number of oxime groups is 1. The van der Waals surface area contributed by atoms with Gasteiger partial charge in [0.1, 0.15) is 76.7 Å². The smallest absolute Gasteiger partial charge is 0.258 e. The summed E-state index contributed by atoms with van der Waals surface area (Å²) in [6.45, 7) is 19.9. The Labute approximate surface area is 705 Å². The number of nitrogens with one attached hydrogen (secondary N) is 3. The first-order valence-corrected chi connectivity index (χ1v) is 41.5. The van der Waals surface area contributed by atoms with Crippen LogP contribution in [0.3, 0.4) is 0 Å². The average Bonchev–Trinajstić information content (AvgIpc) is 1.60. The molecule has 3 amide bonds. The predicted octanol–water partition coefficient (Wildman–Crippen LogP) is 17.3. The van der Waals surface area contributed by atoms with Gasteiger partial charge in [-0.2, -0.15) is 0 Å². The number of rotatable bonds is 14. The lowest BCUT2D eigenvalue weighted by molar-refractivity contribution is -0.117. The molecule has 596 valence electrons. The van der Waals surface area contributed by atoms with E-state index in [1.807, 2.05) is 184 Å². The molecule has 118 heavy (non-hydrogen) atoms. The number of aromatic nitrogens is 11. The summed E-state index contributed by atoms with van der Waals surface area (Å²) in [6, 6.07) is 38.6. The van der Waals surface area contributed by atoms with Gasteiger partial charge in [0.05, 0.1) is 36.4 Å². The largest absolute Gasteiger partial charge is 0.471 e. The molecule has 7 aromatic heterocycles. The van der Waals surface area contributed by atoms with Crippen molar-refractivity contribution in [1.29, 1.82) is 0 Å². The molecule has 13 aromatic rings. The predicted molar refractivity (Wildman–Crippen MR) is 463 cm³/mol. The average molecular weight is 1690 g/mol. The van der Waals surface area contributed by atoms with Crippen LogP contribution in [0.5, 0.6) is 0 Å². The zero-order chi connectivity index (χ0) is 82.2. The molecule has 26 nitrogen and oxygen atoms in total. The number of nitrogens with zero attached hydrogens (tertiary/aromatic N) is 17. The summed E-state index contributed by atoms with van der Waals surface area (Å²) >= 11 is 23.7. The number of hydrogen-bond acceptors (Lipinski definition) is 22. The first-order valence-electron chi connectivity index (χ1n) is 37.9. The van der Waals surface area contributed by atoms with Crippen molar-refractivity contribution in [1.82, 2.24) is 58.9 Å². The standard InChI is InChI=1S/C29H28ClN7O2S.C29H24ClN7OS.C28H25ClN6O3S/c1-15-16(2)40-29-25(15)26(18-6-8-20(30)9-7-18)32-23(27-34-33-17(3)37(27)29)13-24(38)31-21-10-11-22-19(12-21)14-39-28(22)35-36(4)5;1-15-16(2)39-29-25(15)26(18-4-6-20(30)7-5-18)33-23(28-35-34-17(3)37(28)29)13-24(38)32-21-8-9-22-19(12-21)14-36-11-10-31-27(22)36;1-14-15(2)39-28-24(14)25(17-5-7-19(29)8-6-17)31-22(26-33-32-16(3)35(26)28)12-23(36)30-20-9-10-21-18(11-20)13-38-27(21)34-37-4/h6-12,23H,13-14H2,1-5H3,(H,31,38);4-12,23H,13-14H2,1-3H3,(H,32,38);5-11,22H,12-13H2,1-4H3,(H,30,36)/b35-28-;;34-27+/t2*23-;22-/m000/s1. The van der Waals surface area contributed by atoms with Crippen molar-refractivity contribution in [2.24, 2.45) is 25.2 Å². The maximum atomic E-state index is 13.4. The minimum atomic E-state index is -0.547. The van der Waals surface area contributed by atoms with Gasteiger partial charge in [-0.3, -0.25) is 48.1 Å². The van der Waals surface area contributed by atoms with Crippen LogP contribution in [0.2, 0.25) is 15.1 Å². The molecule has 3 N–H and O–H groups in total. The van der Waals surface area contributed by atoms with Gasteiger partial charge in [-0.1, -0.05) is 71.2 Å². The van der Waals surface area contributed by atoms with E-state index in [0.29, 0.717) is 68.9 Å². The molecule has 32 heteroatoms. The molecule has 0 fully saturated rings. The zero-order valence-corrected chi connectivity index (χ0v) is 70.9. The fraction of sp³-hybridized carbons (Fsp3) is 0.244. The van der Waals surface area contributed by atoms with Crippen LogP contribution >= 0.6 is 68.8 Å². The minimum absolute atomic E-state index is 0.0894. The Morgan fingerprint density at radius 1 is 0.483 bits per heavy atom. The summed E-state index contributed by atoms with van der Waals surface area (Å²) in [6.07, 6.45) is 4.09. The molecular formula is C86H77Cl3N20O6S3. The Morgan fingerprint density at radius 2 is 0.839 bits per heavy atom. The third-order valence-electron chi connectivity index (χ3n) is 21.3. The summed E-state index contributed by atoms with van der Waals surface area (Å²) < 4.78 is 19.5. The van der Waals surface area contributed by atoms with Crippen LogP contribution in [0.25, 0.3) is 26.4 Å². The van der Waals surface area contributed by atoms with Crippen LogP contribution in [-0.2, 0) is 48.5 Å². The first-order chi connectivity index (χ1) is 56.9. The summed E-state index contributed by atoms with van der Waals surface area (Å²) in [4.78, 5) is 68.6. The highest BCUT2D eigenvalue weighted by Crippen LogP contribution is 2.45. The lowest BCUT2D eigenvalue weighted by Gasteiger charge is -2.13. The van der Waals surface area contributed by atoms with E-state index in [-0.39, 0.29) is 37.0 Å². The number of carbonyl (C=O) groups excluding carboxylic acids is 3. The second-order valence-electron chi connectivity index (χ2n) is 29.4. The Morgan fingerprint density at radius 3 is 1.21 bits per heavy atom. The lowest BCUT2D eigenvalue weighted by atomic mass is 9.99. The Hall–Kier alpha value is -12.1. The molecule has 0 radical (unpaired) electrons. The third kappa shape index (κ3) is 15.0. The molecule has 13 heterocycles. The van der Waals surface area contributed by atoms with Crippen molar-refractivity contribution >= 4 is 133 Å². The highest BCUT2D eigenvalue weighted by atomic mass is 35.5. The molecule has 3 atom stereocenters. The van der Waals surface area contributed by atoms with Gasteiger partial charge in [0, 0.05) is 141 Å². The molecule has 6 aliphatic heterocycles.